The lowest BCUT2D eigenvalue weighted by Crippen LogP contribution is -2.58. The topological polar surface area (TPSA) is 162 Å². The van der Waals surface area contributed by atoms with Gasteiger partial charge in [0, 0.05) is 12.8 Å². The summed E-state index contributed by atoms with van der Waals surface area (Å²) in [6, 6.07) is 0. The number of carbonyl (C=O) groups is 5. The highest BCUT2D eigenvalue weighted by atomic mass is 16.6. The molecule has 13 nitrogen and oxygen atoms in total. The molecule has 0 aliphatic rings. The van der Waals surface area contributed by atoms with E-state index in [2.05, 4.69) is 24.3 Å². The van der Waals surface area contributed by atoms with E-state index in [0.717, 1.165) is 44.9 Å². The predicted molar refractivity (Wildman–Crippen MR) is 138 cm³/mol. The monoisotopic (exact) mass is 563 g/mol. The average Bonchev–Trinajstić information content (AvgIpc) is 2.93. The van der Waals surface area contributed by atoms with Crippen molar-refractivity contribution in [2.45, 2.75) is 69.7 Å². The normalized spacial score (nSPS) is 10.9. The van der Waals surface area contributed by atoms with Gasteiger partial charge in [0.1, 0.15) is 25.4 Å². The lowest BCUT2D eigenvalue weighted by Gasteiger charge is -2.34. The fraction of sp³-hybridized carbons (Fsp3) is 0.808. The summed E-state index contributed by atoms with van der Waals surface area (Å²) in [7, 11) is 1.40. The molecule has 0 saturated heterocycles. The van der Waals surface area contributed by atoms with E-state index < -0.39 is 5.54 Å². The minimum absolute atomic E-state index is 0.0000106. The van der Waals surface area contributed by atoms with Gasteiger partial charge in [-0.25, -0.2) is 0 Å². The smallest absolute Gasteiger partial charge is 0.305 e. The van der Waals surface area contributed by atoms with Gasteiger partial charge in [-0.1, -0.05) is 38.5 Å². The van der Waals surface area contributed by atoms with Gasteiger partial charge in [0.25, 0.3) is 19.4 Å². The number of hydrogen-bond acceptors (Lipinski definition) is 12. The zero-order valence-electron chi connectivity index (χ0n) is 23.1. The third-order valence-electron chi connectivity index (χ3n) is 5.54. The van der Waals surface area contributed by atoms with Crippen LogP contribution >= 0.6 is 0 Å². The Bertz CT molecular complexity index is 601. The van der Waals surface area contributed by atoms with Gasteiger partial charge in [-0.3, -0.25) is 24.0 Å². The molecule has 13 heteroatoms. The van der Waals surface area contributed by atoms with Gasteiger partial charge in [-0.2, -0.15) is 0 Å². The second-order valence-corrected chi connectivity index (χ2v) is 8.79. The third kappa shape index (κ3) is 22.9. The summed E-state index contributed by atoms with van der Waals surface area (Å²) in [4.78, 5) is 55.0. The number of hydrogen-bond donors (Lipinski definition) is 1. The summed E-state index contributed by atoms with van der Waals surface area (Å²) in [6.45, 7) is 1.37. The van der Waals surface area contributed by atoms with Gasteiger partial charge < -0.3 is 38.5 Å². The molecule has 0 heterocycles. The van der Waals surface area contributed by atoms with Crippen LogP contribution < -0.4 is 5.32 Å². The van der Waals surface area contributed by atoms with E-state index in [1.165, 1.54) is 7.11 Å². The Hall–Kier alpha value is -2.77. The van der Waals surface area contributed by atoms with Crippen LogP contribution in [-0.2, 0) is 57.1 Å². The molecule has 0 aromatic rings. The van der Waals surface area contributed by atoms with Crippen LogP contribution in [0, 0.1) is 0 Å². The van der Waals surface area contributed by atoms with Crippen molar-refractivity contribution in [3.63, 3.8) is 0 Å². The van der Waals surface area contributed by atoms with E-state index in [1.54, 1.807) is 0 Å². The molecule has 0 bridgehead atoms. The summed E-state index contributed by atoms with van der Waals surface area (Å²) in [6.07, 6.45) is 8.42. The summed E-state index contributed by atoms with van der Waals surface area (Å²) < 4.78 is 35.4. The van der Waals surface area contributed by atoms with E-state index in [4.69, 9.17) is 14.2 Å². The van der Waals surface area contributed by atoms with Crippen molar-refractivity contribution in [3.8, 4) is 0 Å². The Kier molecular flexibility index (Phi) is 24.9. The van der Waals surface area contributed by atoms with Crippen molar-refractivity contribution in [2.24, 2.45) is 0 Å². The Balaban J connectivity index is 4.68. The number of ether oxygens (including phenoxy) is 7. The minimum Gasteiger partial charge on any atom is -0.469 e. The molecule has 0 atom stereocenters. The third-order valence-corrected chi connectivity index (χ3v) is 5.54. The van der Waals surface area contributed by atoms with Crippen molar-refractivity contribution in [2.75, 3.05) is 66.6 Å². The quantitative estimate of drug-likeness (QED) is 0.0581. The van der Waals surface area contributed by atoms with Crippen LogP contribution in [0.2, 0.25) is 0 Å². The number of rotatable bonds is 30. The van der Waals surface area contributed by atoms with E-state index in [9.17, 15) is 24.0 Å². The van der Waals surface area contributed by atoms with Crippen molar-refractivity contribution in [1.29, 1.82) is 0 Å². The molecule has 0 aliphatic heterocycles. The SMILES string of the molecule is COC(=O)CCCCCCCCCCC(=O)NC(COCCOC=O)(COCCOC=O)COCCOC=O. The Morgan fingerprint density at radius 3 is 1.36 bits per heavy atom. The van der Waals surface area contributed by atoms with Crippen LogP contribution in [0.1, 0.15) is 64.2 Å². The first kappa shape index (κ1) is 36.2. The fourth-order valence-electron chi connectivity index (χ4n) is 3.58. The van der Waals surface area contributed by atoms with Crippen molar-refractivity contribution < 1.29 is 57.1 Å². The molecular weight excluding hydrogens is 518 g/mol. The summed E-state index contributed by atoms with van der Waals surface area (Å²) in [5.41, 5.74) is -1.08. The second kappa shape index (κ2) is 26.8. The lowest BCUT2D eigenvalue weighted by molar-refractivity contribution is -0.141. The van der Waals surface area contributed by atoms with E-state index in [1.807, 2.05) is 0 Å². The minimum atomic E-state index is -1.08. The number of carbonyl (C=O) groups excluding carboxylic acids is 5. The van der Waals surface area contributed by atoms with Crippen molar-refractivity contribution in [3.05, 3.63) is 0 Å². The summed E-state index contributed by atoms with van der Waals surface area (Å²) in [5.74, 6) is -0.376. The van der Waals surface area contributed by atoms with Crippen LogP contribution in [-0.4, -0.2) is 103 Å². The molecule has 39 heavy (non-hydrogen) atoms. The fourth-order valence-corrected chi connectivity index (χ4v) is 3.58. The standard InChI is InChI=1S/C26H45NO12/c1-33-25(32)11-9-7-5-3-2-4-6-8-10-24(31)27-26(18-34-12-15-37-21-28,19-35-13-16-38-22-29)20-36-14-17-39-23-30/h21-23H,2-20H2,1H3,(H,27,31). The first-order chi connectivity index (χ1) is 19.0. The highest BCUT2D eigenvalue weighted by Crippen LogP contribution is 2.13. The molecule has 0 aromatic heterocycles. The number of unbranched alkanes of at least 4 members (excludes halogenated alkanes) is 7. The molecule has 0 rings (SSSR count). The average molecular weight is 564 g/mol. The first-order valence-electron chi connectivity index (χ1n) is 13.3. The maximum absolute atomic E-state index is 12.8. The van der Waals surface area contributed by atoms with Crippen LogP contribution in [0.4, 0.5) is 0 Å². The number of nitrogens with one attached hydrogen (secondary N) is 1. The molecular formula is C26H45NO12. The summed E-state index contributed by atoms with van der Waals surface area (Å²) >= 11 is 0. The molecule has 0 spiro atoms. The molecule has 0 fully saturated rings. The molecule has 0 aliphatic carbocycles. The highest BCUT2D eigenvalue weighted by molar-refractivity contribution is 5.76. The molecule has 0 aromatic carbocycles. The first-order valence-corrected chi connectivity index (χ1v) is 13.3. The Morgan fingerprint density at radius 2 is 0.974 bits per heavy atom. The Labute approximate surface area is 230 Å². The maximum Gasteiger partial charge on any atom is 0.305 e. The van der Waals surface area contributed by atoms with E-state index in [0.29, 0.717) is 38.7 Å². The molecule has 226 valence electrons. The van der Waals surface area contributed by atoms with E-state index >= 15 is 0 Å². The van der Waals surface area contributed by atoms with Crippen LogP contribution in [0.3, 0.4) is 0 Å². The van der Waals surface area contributed by atoms with Crippen LogP contribution in [0.15, 0.2) is 0 Å². The van der Waals surface area contributed by atoms with Gasteiger partial charge in [-0.05, 0) is 12.8 Å². The maximum atomic E-state index is 12.8. The molecule has 0 radical (unpaired) electrons. The van der Waals surface area contributed by atoms with E-state index in [-0.39, 0.29) is 71.3 Å². The van der Waals surface area contributed by atoms with Crippen molar-refractivity contribution in [1.82, 2.24) is 5.32 Å². The van der Waals surface area contributed by atoms with Gasteiger partial charge >= 0.3 is 5.97 Å². The van der Waals surface area contributed by atoms with Gasteiger partial charge in [0.05, 0.1) is 46.8 Å². The predicted octanol–water partition coefficient (Wildman–Crippen LogP) is 1.48. The zero-order chi connectivity index (χ0) is 28.9. The van der Waals surface area contributed by atoms with Gasteiger partial charge in [0.15, 0.2) is 0 Å². The molecule has 0 unspecified atom stereocenters. The highest BCUT2D eigenvalue weighted by Gasteiger charge is 2.33. The molecule has 1 N–H and O–H groups in total. The number of esters is 1. The van der Waals surface area contributed by atoms with Crippen LogP contribution in [0.25, 0.3) is 0 Å². The Morgan fingerprint density at radius 1 is 0.590 bits per heavy atom. The van der Waals surface area contributed by atoms with Crippen LogP contribution in [0.5, 0.6) is 0 Å². The number of methoxy groups -OCH3 is 1. The number of amides is 1. The summed E-state index contributed by atoms with van der Waals surface area (Å²) in [5, 5.41) is 2.96. The second-order valence-electron chi connectivity index (χ2n) is 8.79. The van der Waals surface area contributed by atoms with Crippen molar-refractivity contribution >= 4 is 31.3 Å². The largest absolute Gasteiger partial charge is 0.469 e. The molecule has 1 amide bonds. The zero-order valence-corrected chi connectivity index (χ0v) is 23.1. The van der Waals surface area contributed by atoms with Gasteiger partial charge in [0.2, 0.25) is 5.91 Å². The van der Waals surface area contributed by atoms with Gasteiger partial charge in [-0.15, -0.1) is 0 Å². The lowest BCUT2D eigenvalue weighted by atomic mass is 10.0. The molecule has 0 saturated carbocycles.